The van der Waals surface area contributed by atoms with Gasteiger partial charge in [0.1, 0.15) is 18.0 Å². The third-order valence-electron chi connectivity index (χ3n) is 4.81. The summed E-state index contributed by atoms with van der Waals surface area (Å²) in [6.07, 6.45) is 4.11. The zero-order chi connectivity index (χ0) is 19.9. The molecule has 1 aliphatic heterocycles. The summed E-state index contributed by atoms with van der Waals surface area (Å²) in [5, 5.41) is 15.8. The quantitative estimate of drug-likeness (QED) is 0.649. The Balaban J connectivity index is 1.61. The Hall–Kier alpha value is -2.67. The van der Waals surface area contributed by atoms with E-state index < -0.39 is 0 Å². The van der Waals surface area contributed by atoms with Crippen molar-refractivity contribution in [1.29, 1.82) is 0 Å². The molecule has 7 heteroatoms. The Morgan fingerprint density at radius 1 is 1.32 bits per heavy atom. The van der Waals surface area contributed by atoms with E-state index in [4.69, 9.17) is 0 Å². The number of aromatic nitrogens is 2. The van der Waals surface area contributed by atoms with E-state index in [1.165, 1.54) is 0 Å². The number of carbonyl (C=O) groups is 1. The fourth-order valence-corrected chi connectivity index (χ4v) is 3.46. The number of amides is 1. The Labute approximate surface area is 166 Å². The van der Waals surface area contributed by atoms with Crippen LogP contribution < -0.4 is 15.5 Å². The molecule has 1 saturated heterocycles. The van der Waals surface area contributed by atoms with Crippen molar-refractivity contribution in [3.63, 3.8) is 0 Å². The third-order valence-corrected chi connectivity index (χ3v) is 4.81. The first-order valence-corrected chi connectivity index (χ1v) is 9.87. The number of rotatable bonds is 8. The van der Waals surface area contributed by atoms with Crippen LogP contribution in [0.3, 0.4) is 0 Å². The number of anilines is 3. The highest BCUT2D eigenvalue weighted by molar-refractivity contribution is 5.90. The predicted octanol–water partition coefficient (Wildman–Crippen LogP) is 3.03. The van der Waals surface area contributed by atoms with Crippen molar-refractivity contribution in [2.24, 2.45) is 5.92 Å². The average Bonchev–Trinajstić information content (AvgIpc) is 3.15. The molecular weight excluding hydrogens is 354 g/mol. The molecule has 1 amide bonds. The molecule has 7 nitrogen and oxygen atoms in total. The molecule has 1 aromatic carbocycles. The fraction of sp³-hybridized carbons (Fsp3) is 0.476. The number of carbonyl (C=O) groups excluding carboxylic acids is 1. The van der Waals surface area contributed by atoms with Crippen LogP contribution in [0.15, 0.2) is 36.7 Å². The molecule has 0 aliphatic carbocycles. The highest BCUT2D eigenvalue weighted by Gasteiger charge is 2.25. The molecule has 0 radical (unpaired) electrons. The van der Waals surface area contributed by atoms with Gasteiger partial charge in [-0.05, 0) is 36.5 Å². The van der Waals surface area contributed by atoms with Crippen LogP contribution in [0.1, 0.15) is 38.7 Å². The molecule has 1 aromatic heterocycles. The molecule has 3 rings (SSSR count). The van der Waals surface area contributed by atoms with Crippen molar-refractivity contribution in [2.75, 3.05) is 28.7 Å². The zero-order valence-electron chi connectivity index (χ0n) is 16.6. The van der Waals surface area contributed by atoms with Crippen molar-refractivity contribution >= 4 is 23.2 Å². The molecule has 1 atom stereocenters. The number of hydrogen-bond acceptors (Lipinski definition) is 6. The summed E-state index contributed by atoms with van der Waals surface area (Å²) >= 11 is 0. The van der Waals surface area contributed by atoms with Gasteiger partial charge in [0.05, 0.1) is 12.6 Å². The number of aliphatic hydroxyl groups is 1. The molecular formula is C21H29N5O2. The van der Waals surface area contributed by atoms with Crippen LogP contribution in [-0.4, -0.2) is 40.2 Å². The van der Waals surface area contributed by atoms with Crippen LogP contribution >= 0.6 is 0 Å². The molecule has 3 N–H and O–H groups in total. The first kappa shape index (κ1) is 20.1. The predicted molar refractivity (Wildman–Crippen MR) is 111 cm³/mol. The number of aliphatic hydroxyl groups excluding tert-OH is 1. The van der Waals surface area contributed by atoms with Gasteiger partial charge in [0, 0.05) is 31.3 Å². The van der Waals surface area contributed by atoms with Gasteiger partial charge in [-0.2, -0.15) is 0 Å². The maximum atomic E-state index is 12.0. The van der Waals surface area contributed by atoms with E-state index in [9.17, 15) is 9.90 Å². The van der Waals surface area contributed by atoms with Gasteiger partial charge in [0.15, 0.2) is 0 Å². The molecule has 0 saturated carbocycles. The normalized spacial score (nSPS) is 16.4. The lowest BCUT2D eigenvalue weighted by Crippen LogP contribution is -2.32. The highest BCUT2D eigenvalue weighted by Crippen LogP contribution is 2.24. The van der Waals surface area contributed by atoms with Gasteiger partial charge in [0.25, 0.3) is 0 Å². The van der Waals surface area contributed by atoms with Crippen LogP contribution in [0, 0.1) is 5.92 Å². The Morgan fingerprint density at radius 2 is 2.18 bits per heavy atom. The van der Waals surface area contributed by atoms with Gasteiger partial charge in [-0.25, -0.2) is 9.97 Å². The smallest absolute Gasteiger partial charge is 0.224 e. The first-order valence-electron chi connectivity index (χ1n) is 9.87. The minimum Gasteiger partial charge on any atom is -0.394 e. The third kappa shape index (κ3) is 5.42. The molecule has 1 aliphatic rings. The second kappa shape index (κ2) is 9.50. The lowest BCUT2D eigenvalue weighted by Gasteiger charge is -2.24. The van der Waals surface area contributed by atoms with Crippen LogP contribution in [-0.2, 0) is 11.3 Å². The number of nitrogens with zero attached hydrogens (tertiary/aromatic N) is 3. The second-order valence-electron chi connectivity index (χ2n) is 7.63. The van der Waals surface area contributed by atoms with Gasteiger partial charge in [0.2, 0.25) is 5.91 Å². The Bertz CT molecular complexity index is 796. The molecule has 1 fully saturated rings. The lowest BCUT2D eigenvalue weighted by atomic mass is 10.1. The second-order valence-corrected chi connectivity index (χ2v) is 7.63. The van der Waals surface area contributed by atoms with E-state index in [0.717, 1.165) is 42.3 Å². The summed E-state index contributed by atoms with van der Waals surface area (Å²) in [4.78, 5) is 22.8. The standard InChI is InChI=1S/C21H29N5O2/c1-15(2)9-21(28)25-17-6-3-5-16(10-17)12-22-19-11-20(24-14-23-19)26-8-4-7-18(26)13-27/h3,5-6,10-11,14-15,18,27H,4,7-9,12-13H2,1-2H3,(H,25,28)(H,22,23,24). The number of nitrogens with one attached hydrogen (secondary N) is 2. The van der Waals surface area contributed by atoms with E-state index in [2.05, 4.69) is 25.5 Å². The summed E-state index contributed by atoms with van der Waals surface area (Å²) in [5.74, 6) is 1.94. The van der Waals surface area contributed by atoms with Gasteiger partial charge in [-0.15, -0.1) is 0 Å². The van der Waals surface area contributed by atoms with E-state index in [1.54, 1.807) is 6.33 Å². The van der Waals surface area contributed by atoms with Gasteiger partial charge < -0.3 is 20.6 Å². The van der Waals surface area contributed by atoms with Crippen molar-refractivity contribution in [3.05, 3.63) is 42.2 Å². The maximum absolute atomic E-state index is 12.0. The summed E-state index contributed by atoms with van der Waals surface area (Å²) in [5.41, 5.74) is 1.85. The molecule has 150 valence electrons. The monoisotopic (exact) mass is 383 g/mol. The highest BCUT2D eigenvalue weighted by atomic mass is 16.3. The minimum absolute atomic E-state index is 0.0320. The van der Waals surface area contributed by atoms with Crippen molar-refractivity contribution < 1.29 is 9.90 Å². The van der Waals surface area contributed by atoms with Crippen molar-refractivity contribution in [1.82, 2.24) is 9.97 Å². The topological polar surface area (TPSA) is 90.4 Å². The van der Waals surface area contributed by atoms with Crippen LogP contribution in [0.5, 0.6) is 0 Å². The van der Waals surface area contributed by atoms with Crippen LogP contribution in [0.25, 0.3) is 0 Å². The molecule has 0 bridgehead atoms. The largest absolute Gasteiger partial charge is 0.394 e. The summed E-state index contributed by atoms with van der Waals surface area (Å²) in [7, 11) is 0. The number of benzene rings is 1. The summed E-state index contributed by atoms with van der Waals surface area (Å²) in [6.45, 7) is 5.69. The van der Waals surface area contributed by atoms with Gasteiger partial charge in [-0.3, -0.25) is 4.79 Å². The molecule has 0 spiro atoms. The Kier molecular flexibility index (Phi) is 6.81. The average molecular weight is 383 g/mol. The zero-order valence-corrected chi connectivity index (χ0v) is 16.6. The van der Waals surface area contributed by atoms with Gasteiger partial charge in [-0.1, -0.05) is 26.0 Å². The maximum Gasteiger partial charge on any atom is 0.224 e. The summed E-state index contributed by atoms with van der Waals surface area (Å²) < 4.78 is 0. The van der Waals surface area contributed by atoms with E-state index in [-0.39, 0.29) is 18.6 Å². The molecule has 2 aromatic rings. The van der Waals surface area contributed by atoms with E-state index in [0.29, 0.717) is 18.9 Å². The van der Waals surface area contributed by atoms with E-state index >= 15 is 0 Å². The van der Waals surface area contributed by atoms with Crippen molar-refractivity contribution in [2.45, 2.75) is 45.7 Å². The molecule has 28 heavy (non-hydrogen) atoms. The van der Waals surface area contributed by atoms with Crippen LogP contribution in [0.4, 0.5) is 17.3 Å². The van der Waals surface area contributed by atoms with Crippen LogP contribution in [0.2, 0.25) is 0 Å². The molecule has 2 heterocycles. The minimum atomic E-state index is 0.0320. The SMILES string of the molecule is CC(C)CC(=O)Nc1cccc(CNc2cc(N3CCCC3CO)ncn2)c1. The van der Waals surface area contributed by atoms with Crippen molar-refractivity contribution in [3.8, 4) is 0 Å². The lowest BCUT2D eigenvalue weighted by molar-refractivity contribution is -0.116. The first-order chi connectivity index (χ1) is 13.5. The van der Waals surface area contributed by atoms with Gasteiger partial charge >= 0.3 is 0 Å². The molecule has 1 unspecified atom stereocenters. The summed E-state index contributed by atoms with van der Waals surface area (Å²) in [6, 6.07) is 9.86. The fourth-order valence-electron chi connectivity index (χ4n) is 3.46. The van der Waals surface area contributed by atoms with E-state index in [1.807, 2.05) is 44.2 Å². The Morgan fingerprint density at radius 3 is 2.96 bits per heavy atom. The number of hydrogen-bond donors (Lipinski definition) is 3.